The van der Waals surface area contributed by atoms with Crippen LogP contribution in [0, 0.1) is 28.6 Å². The Kier molecular flexibility index (Phi) is 5.27. The van der Waals surface area contributed by atoms with E-state index < -0.39 is 0 Å². The van der Waals surface area contributed by atoms with Gasteiger partial charge in [0.2, 0.25) is 5.91 Å². The summed E-state index contributed by atoms with van der Waals surface area (Å²) < 4.78 is 1.79. The van der Waals surface area contributed by atoms with Gasteiger partial charge in [0.05, 0.1) is 17.8 Å². The van der Waals surface area contributed by atoms with E-state index in [0.29, 0.717) is 47.6 Å². The largest absolute Gasteiger partial charge is 0.365 e. The minimum absolute atomic E-state index is 0.0246. The van der Waals surface area contributed by atoms with Gasteiger partial charge in [0.1, 0.15) is 29.6 Å². The van der Waals surface area contributed by atoms with E-state index in [0.717, 1.165) is 6.42 Å². The minimum atomic E-state index is -0.140. The number of carbonyl (C=O) groups excluding carboxylic acids is 1. The molecule has 0 bridgehead atoms. The monoisotopic (exact) mass is 400 g/mol. The number of piperidine rings is 1. The zero-order valence-corrected chi connectivity index (χ0v) is 16.5. The van der Waals surface area contributed by atoms with Crippen LogP contribution in [0.2, 0.25) is 0 Å². The van der Waals surface area contributed by atoms with Crippen molar-refractivity contribution in [1.29, 1.82) is 10.5 Å². The van der Waals surface area contributed by atoms with E-state index in [1.54, 1.807) is 46.1 Å². The van der Waals surface area contributed by atoms with Gasteiger partial charge < -0.3 is 10.2 Å². The number of hydrogen-bond acceptors (Lipinski definition) is 7. The summed E-state index contributed by atoms with van der Waals surface area (Å²) in [6, 6.07) is 9.36. The number of fused-ring (bicyclic) bond motifs is 1. The van der Waals surface area contributed by atoms with Crippen molar-refractivity contribution < 1.29 is 4.79 Å². The first-order chi connectivity index (χ1) is 14.6. The molecular formula is C21H20N8O. The zero-order valence-electron chi connectivity index (χ0n) is 16.5. The molecule has 1 aliphatic rings. The van der Waals surface area contributed by atoms with Crippen LogP contribution in [-0.4, -0.2) is 49.3 Å². The third kappa shape index (κ3) is 3.78. The van der Waals surface area contributed by atoms with Gasteiger partial charge in [0.15, 0.2) is 5.82 Å². The molecule has 0 radical (unpaired) electrons. The molecule has 0 saturated carbocycles. The Labute approximate surface area is 173 Å². The molecule has 0 aromatic carbocycles. The predicted octanol–water partition coefficient (Wildman–Crippen LogP) is 2.23. The predicted molar refractivity (Wildman–Crippen MR) is 109 cm³/mol. The average Bonchev–Trinajstić information content (AvgIpc) is 3.19. The SMILES string of the molecule is C[C@@H]1CCN(C(=O)CC#N)C[C@@H]1Nc1ccnc(-c2cnc3ccc(C#N)cn23)n1. The lowest BCUT2D eigenvalue weighted by molar-refractivity contribution is -0.131. The van der Waals surface area contributed by atoms with Crippen molar-refractivity contribution in [2.24, 2.45) is 5.92 Å². The number of nitrogens with one attached hydrogen (secondary N) is 1. The number of nitrogens with zero attached hydrogens (tertiary/aromatic N) is 7. The first kappa shape index (κ1) is 19.3. The van der Waals surface area contributed by atoms with Crippen molar-refractivity contribution in [2.75, 3.05) is 18.4 Å². The van der Waals surface area contributed by atoms with Crippen LogP contribution in [-0.2, 0) is 4.79 Å². The molecule has 1 saturated heterocycles. The molecule has 4 heterocycles. The average molecular weight is 400 g/mol. The molecule has 1 aliphatic heterocycles. The molecule has 0 spiro atoms. The van der Waals surface area contributed by atoms with Crippen LogP contribution in [0.3, 0.4) is 0 Å². The molecule has 30 heavy (non-hydrogen) atoms. The van der Waals surface area contributed by atoms with Gasteiger partial charge in [0, 0.05) is 31.5 Å². The summed E-state index contributed by atoms with van der Waals surface area (Å²) in [5.74, 6) is 1.35. The standard InChI is InChI=1S/C21H20N8O/c1-14-6-9-28(20(30)4-7-22)13-16(14)26-18-5-8-24-21(27-18)17-11-25-19-3-2-15(10-23)12-29(17)19/h2-3,5,8,11-12,14,16H,4,6,9,13H2,1H3,(H,24,26,27)/t14-,16+/m1/s1. The molecular weight excluding hydrogens is 380 g/mol. The molecule has 1 fully saturated rings. The van der Waals surface area contributed by atoms with Crippen LogP contribution in [0.5, 0.6) is 0 Å². The smallest absolute Gasteiger partial charge is 0.236 e. The quantitative estimate of drug-likeness (QED) is 0.712. The Balaban J connectivity index is 1.58. The van der Waals surface area contributed by atoms with E-state index >= 15 is 0 Å². The summed E-state index contributed by atoms with van der Waals surface area (Å²) in [4.78, 5) is 27.2. The second-order valence-corrected chi connectivity index (χ2v) is 7.36. The maximum absolute atomic E-state index is 12.1. The number of rotatable bonds is 4. The third-order valence-corrected chi connectivity index (χ3v) is 5.39. The van der Waals surface area contributed by atoms with E-state index in [4.69, 9.17) is 5.26 Å². The zero-order chi connectivity index (χ0) is 21.1. The Bertz CT molecular complexity index is 1170. The van der Waals surface area contributed by atoms with Crippen molar-refractivity contribution in [3.8, 4) is 23.7 Å². The number of imidazole rings is 1. The maximum atomic E-state index is 12.1. The fraction of sp³-hybridized carbons (Fsp3) is 0.333. The fourth-order valence-electron chi connectivity index (χ4n) is 3.63. The van der Waals surface area contributed by atoms with Gasteiger partial charge >= 0.3 is 0 Å². The molecule has 2 atom stereocenters. The van der Waals surface area contributed by atoms with Gasteiger partial charge in [-0.2, -0.15) is 10.5 Å². The topological polar surface area (TPSA) is 123 Å². The first-order valence-electron chi connectivity index (χ1n) is 9.71. The number of nitriles is 2. The second kappa shape index (κ2) is 8.18. The number of anilines is 1. The molecule has 1 amide bonds. The van der Waals surface area contributed by atoms with Gasteiger partial charge in [-0.05, 0) is 30.5 Å². The van der Waals surface area contributed by atoms with Crippen molar-refractivity contribution >= 4 is 17.4 Å². The molecule has 3 aromatic rings. The normalized spacial score (nSPS) is 18.6. The van der Waals surface area contributed by atoms with Gasteiger partial charge in [-0.25, -0.2) is 15.0 Å². The number of amides is 1. The summed E-state index contributed by atoms with van der Waals surface area (Å²) in [5, 5.41) is 21.4. The van der Waals surface area contributed by atoms with Crippen LogP contribution in [0.4, 0.5) is 5.82 Å². The number of pyridine rings is 1. The minimum Gasteiger partial charge on any atom is -0.365 e. The first-order valence-corrected chi connectivity index (χ1v) is 9.71. The number of carbonyl (C=O) groups is 1. The molecule has 150 valence electrons. The van der Waals surface area contributed by atoms with Crippen LogP contribution >= 0.6 is 0 Å². The van der Waals surface area contributed by atoms with Gasteiger partial charge in [-0.1, -0.05) is 6.92 Å². The molecule has 3 aromatic heterocycles. The second-order valence-electron chi connectivity index (χ2n) is 7.36. The summed E-state index contributed by atoms with van der Waals surface area (Å²) in [7, 11) is 0. The van der Waals surface area contributed by atoms with E-state index in [-0.39, 0.29) is 18.4 Å². The van der Waals surface area contributed by atoms with Crippen LogP contribution in [0.15, 0.2) is 36.8 Å². The molecule has 0 unspecified atom stereocenters. The van der Waals surface area contributed by atoms with Crippen molar-refractivity contribution in [3.63, 3.8) is 0 Å². The summed E-state index contributed by atoms with van der Waals surface area (Å²) in [6.07, 6.45) is 5.82. The summed E-state index contributed by atoms with van der Waals surface area (Å²) in [6.45, 7) is 3.33. The number of aromatic nitrogens is 4. The van der Waals surface area contributed by atoms with E-state index in [2.05, 4.69) is 33.3 Å². The highest BCUT2D eigenvalue weighted by Gasteiger charge is 2.29. The Hall–Kier alpha value is -3.98. The summed E-state index contributed by atoms with van der Waals surface area (Å²) >= 11 is 0. The van der Waals surface area contributed by atoms with Gasteiger partial charge in [-0.3, -0.25) is 9.20 Å². The van der Waals surface area contributed by atoms with Crippen molar-refractivity contribution in [3.05, 3.63) is 42.4 Å². The van der Waals surface area contributed by atoms with E-state index in [9.17, 15) is 10.1 Å². The Morgan fingerprint density at radius 3 is 2.97 bits per heavy atom. The fourth-order valence-corrected chi connectivity index (χ4v) is 3.63. The van der Waals surface area contributed by atoms with Crippen molar-refractivity contribution in [1.82, 2.24) is 24.3 Å². The number of hydrogen-bond donors (Lipinski definition) is 1. The third-order valence-electron chi connectivity index (χ3n) is 5.39. The maximum Gasteiger partial charge on any atom is 0.236 e. The highest BCUT2D eigenvalue weighted by atomic mass is 16.2. The molecule has 9 nitrogen and oxygen atoms in total. The van der Waals surface area contributed by atoms with Gasteiger partial charge in [-0.15, -0.1) is 0 Å². The number of likely N-dealkylation sites (tertiary alicyclic amines) is 1. The summed E-state index contributed by atoms with van der Waals surface area (Å²) in [5.41, 5.74) is 1.92. The van der Waals surface area contributed by atoms with E-state index in [1.165, 1.54) is 0 Å². The lowest BCUT2D eigenvalue weighted by Crippen LogP contribution is -2.49. The molecule has 1 N–H and O–H groups in total. The lowest BCUT2D eigenvalue weighted by atomic mass is 9.93. The van der Waals surface area contributed by atoms with Gasteiger partial charge in [0.25, 0.3) is 0 Å². The van der Waals surface area contributed by atoms with E-state index in [1.807, 2.05) is 6.07 Å². The molecule has 0 aliphatic carbocycles. The highest BCUT2D eigenvalue weighted by Crippen LogP contribution is 2.23. The molecule has 4 rings (SSSR count). The van der Waals surface area contributed by atoms with Crippen molar-refractivity contribution in [2.45, 2.75) is 25.8 Å². The highest BCUT2D eigenvalue weighted by molar-refractivity contribution is 5.78. The van der Waals surface area contributed by atoms with Crippen LogP contribution in [0.1, 0.15) is 25.3 Å². The Morgan fingerprint density at radius 2 is 2.17 bits per heavy atom. The van der Waals surface area contributed by atoms with Crippen LogP contribution < -0.4 is 5.32 Å². The van der Waals surface area contributed by atoms with Crippen LogP contribution in [0.25, 0.3) is 17.2 Å². The molecule has 9 heteroatoms. The lowest BCUT2D eigenvalue weighted by Gasteiger charge is -2.37. The Morgan fingerprint density at radius 1 is 1.30 bits per heavy atom.